The Hall–Kier alpha value is -1.84. The summed E-state index contributed by atoms with van der Waals surface area (Å²) in [5.41, 5.74) is 0. The van der Waals surface area contributed by atoms with Crippen LogP contribution in [-0.2, 0) is 33.5 Å². The highest BCUT2D eigenvalue weighted by Crippen LogP contribution is 2.11. The van der Waals surface area contributed by atoms with Crippen molar-refractivity contribution in [1.82, 2.24) is 9.96 Å². The predicted octanol–water partition coefficient (Wildman–Crippen LogP) is -1.24. The maximum atomic E-state index is 11.8. The molecular weight excluding hydrogens is 296 g/mol. The van der Waals surface area contributed by atoms with Gasteiger partial charge in [0.15, 0.2) is 5.78 Å². The molecule has 0 N–H and O–H groups in total. The number of ether oxygens (including phenoxy) is 2. The van der Waals surface area contributed by atoms with E-state index < -0.39 is 24.2 Å². The first-order chi connectivity index (χ1) is 10.5. The molecule has 0 aliphatic carbocycles. The van der Waals surface area contributed by atoms with E-state index in [0.29, 0.717) is 5.06 Å². The Morgan fingerprint density at radius 2 is 1.73 bits per heavy atom. The minimum absolute atomic E-state index is 0.0827. The summed E-state index contributed by atoms with van der Waals surface area (Å²) in [7, 11) is 2.86. The van der Waals surface area contributed by atoms with Gasteiger partial charge in [-0.15, -0.1) is 0 Å². The molecule has 0 spiro atoms. The summed E-state index contributed by atoms with van der Waals surface area (Å²) in [6.45, 7) is -0.317. The fraction of sp³-hybridized carbons (Fsp3) is 0.692. The smallest absolute Gasteiger partial charge is 0.254 e. The summed E-state index contributed by atoms with van der Waals surface area (Å²) >= 11 is 0. The van der Waals surface area contributed by atoms with Crippen molar-refractivity contribution in [2.24, 2.45) is 0 Å². The molecule has 0 radical (unpaired) electrons. The summed E-state index contributed by atoms with van der Waals surface area (Å²) in [5, 5.41) is 0.606. The first kappa shape index (κ1) is 18.2. The summed E-state index contributed by atoms with van der Waals surface area (Å²) in [6, 6.07) is 0. The summed E-state index contributed by atoms with van der Waals surface area (Å²) < 4.78 is 9.62. The molecule has 1 aliphatic rings. The third-order valence-electron chi connectivity index (χ3n) is 2.91. The van der Waals surface area contributed by atoms with E-state index in [4.69, 9.17) is 14.3 Å². The van der Waals surface area contributed by atoms with Gasteiger partial charge in [0.1, 0.15) is 13.2 Å². The fourth-order valence-electron chi connectivity index (χ4n) is 1.80. The summed E-state index contributed by atoms with van der Waals surface area (Å²) in [5.74, 6) is -1.73. The van der Waals surface area contributed by atoms with Gasteiger partial charge in [0.25, 0.3) is 11.8 Å². The van der Waals surface area contributed by atoms with Gasteiger partial charge >= 0.3 is 0 Å². The van der Waals surface area contributed by atoms with Gasteiger partial charge in [-0.3, -0.25) is 24.0 Å². The second-order valence-corrected chi connectivity index (χ2v) is 4.64. The first-order valence-electron chi connectivity index (χ1n) is 6.75. The third-order valence-corrected chi connectivity index (χ3v) is 2.91. The van der Waals surface area contributed by atoms with Crippen molar-refractivity contribution in [1.29, 1.82) is 0 Å². The van der Waals surface area contributed by atoms with Crippen molar-refractivity contribution in [3.8, 4) is 0 Å². The Labute approximate surface area is 128 Å². The molecule has 0 aromatic rings. The van der Waals surface area contributed by atoms with Crippen molar-refractivity contribution >= 4 is 23.5 Å². The van der Waals surface area contributed by atoms with Crippen molar-refractivity contribution in [2.75, 3.05) is 47.1 Å². The summed E-state index contributed by atoms with van der Waals surface area (Å²) in [6.07, 6.45) is 0.165. The average Bonchev–Trinajstić information content (AvgIpc) is 2.80. The average molecular weight is 316 g/mol. The number of hydrogen-bond acceptors (Lipinski definition) is 7. The molecule has 9 nitrogen and oxygen atoms in total. The van der Waals surface area contributed by atoms with Crippen LogP contribution in [0.1, 0.15) is 12.8 Å². The van der Waals surface area contributed by atoms with Crippen LogP contribution in [0.3, 0.4) is 0 Å². The van der Waals surface area contributed by atoms with E-state index >= 15 is 0 Å². The Bertz CT molecular complexity index is 422. The van der Waals surface area contributed by atoms with Crippen LogP contribution in [0.2, 0.25) is 0 Å². The van der Waals surface area contributed by atoms with Crippen molar-refractivity contribution in [2.45, 2.75) is 12.8 Å². The maximum Gasteiger partial charge on any atom is 0.254 e. The number of Topliss-reactive ketones (excluding diaryl/α,β-unsaturated/α-hetero) is 1. The molecule has 0 saturated carbocycles. The quantitative estimate of drug-likeness (QED) is 0.464. The molecule has 1 saturated heterocycles. The molecule has 124 valence electrons. The van der Waals surface area contributed by atoms with Crippen LogP contribution in [-0.4, -0.2) is 80.6 Å². The number of hydroxylamine groups is 2. The number of imide groups is 1. The number of amides is 3. The van der Waals surface area contributed by atoms with Crippen molar-refractivity contribution < 1.29 is 33.5 Å². The number of nitrogens with zero attached hydrogens (tertiary/aromatic N) is 2. The van der Waals surface area contributed by atoms with E-state index in [1.165, 1.54) is 19.1 Å². The molecule has 0 aromatic carbocycles. The molecule has 9 heteroatoms. The lowest BCUT2D eigenvalue weighted by Crippen LogP contribution is -2.42. The fourth-order valence-corrected chi connectivity index (χ4v) is 1.80. The Kier molecular flexibility index (Phi) is 7.64. The zero-order valence-electron chi connectivity index (χ0n) is 12.7. The second-order valence-electron chi connectivity index (χ2n) is 4.64. The minimum atomic E-state index is -0.468. The summed E-state index contributed by atoms with van der Waals surface area (Å²) in [4.78, 5) is 52.5. The largest absolute Gasteiger partial charge is 0.383 e. The number of ketones is 1. The highest BCUT2D eigenvalue weighted by Gasteiger charge is 2.31. The molecule has 1 heterocycles. The molecule has 1 rings (SSSR count). The molecule has 0 aromatic heterocycles. The highest BCUT2D eigenvalue weighted by atomic mass is 16.7. The van der Waals surface area contributed by atoms with Crippen LogP contribution in [0.5, 0.6) is 0 Å². The van der Waals surface area contributed by atoms with Crippen LogP contribution in [0.4, 0.5) is 0 Å². The number of hydrogen-bond donors (Lipinski definition) is 0. The van der Waals surface area contributed by atoms with E-state index in [1.54, 1.807) is 0 Å². The Morgan fingerprint density at radius 1 is 1.09 bits per heavy atom. The molecule has 0 bridgehead atoms. The van der Waals surface area contributed by atoms with Gasteiger partial charge in [-0.25, -0.2) is 0 Å². The van der Waals surface area contributed by atoms with Gasteiger partial charge in [0, 0.05) is 33.6 Å². The lowest BCUT2D eigenvalue weighted by atomic mass is 10.3. The molecular formula is C13H20N2O7. The van der Waals surface area contributed by atoms with Gasteiger partial charge in [-0.05, 0) is 0 Å². The van der Waals surface area contributed by atoms with Crippen molar-refractivity contribution in [3.05, 3.63) is 0 Å². The standard InChI is InChI=1S/C13H20N2O7/c1-20-6-5-14(13(19)9-21-2)7-10(16)8-22-15-11(17)3-4-12(15)18/h3-9H2,1-2H3. The minimum Gasteiger partial charge on any atom is -0.383 e. The first-order valence-corrected chi connectivity index (χ1v) is 6.75. The highest BCUT2D eigenvalue weighted by molar-refractivity contribution is 6.00. The van der Waals surface area contributed by atoms with E-state index in [1.807, 2.05) is 0 Å². The lowest BCUT2D eigenvalue weighted by Gasteiger charge is -2.21. The zero-order valence-corrected chi connectivity index (χ0v) is 12.7. The van der Waals surface area contributed by atoms with E-state index in [0.717, 1.165) is 0 Å². The van der Waals surface area contributed by atoms with Crippen LogP contribution in [0.15, 0.2) is 0 Å². The van der Waals surface area contributed by atoms with Crippen LogP contribution in [0.25, 0.3) is 0 Å². The molecule has 0 atom stereocenters. The number of carbonyl (C=O) groups is 4. The topological polar surface area (TPSA) is 102 Å². The van der Waals surface area contributed by atoms with Crippen molar-refractivity contribution in [3.63, 3.8) is 0 Å². The zero-order chi connectivity index (χ0) is 16.5. The Morgan fingerprint density at radius 3 is 2.27 bits per heavy atom. The SMILES string of the molecule is COCCN(CC(=O)CON1C(=O)CCC1=O)C(=O)COC. The molecule has 0 unspecified atom stereocenters. The number of carbonyl (C=O) groups excluding carboxylic acids is 4. The van der Waals surface area contributed by atoms with Crippen LogP contribution in [0, 0.1) is 0 Å². The maximum absolute atomic E-state index is 11.8. The van der Waals surface area contributed by atoms with Crippen LogP contribution < -0.4 is 0 Å². The van der Waals surface area contributed by atoms with Gasteiger partial charge in [0.2, 0.25) is 5.91 Å². The number of rotatable bonds is 10. The number of methoxy groups -OCH3 is 2. The van der Waals surface area contributed by atoms with Gasteiger partial charge < -0.3 is 14.4 Å². The van der Waals surface area contributed by atoms with Gasteiger partial charge in [0.05, 0.1) is 13.2 Å². The van der Waals surface area contributed by atoms with E-state index in [9.17, 15) is 19.2 Å². The molecule has 22 heavy (non-hydrogen) atoms. The Balaban J connectivity index is 2.46. The predicted molar refractivity (Wildman–Crippen MR) is 72.4 cm³/mol. The molecule has 3 amide bonds. The monoisotopic (exact) mass is 316 g/mol. The molecule has 1 aliphatic heterocycles. The van der Waals surface area contributed by atoms with Gasteiger partial charge in [-0.1, -0.05) is 0 Å². The third kappa shape index (κ3) is 5.51. The second kappa shape index (κ2) is 9.23. The van der Waals surface area contributed by atoms with Crippen LogP contribution >= 0.6 is 0 Å². The molecule has 1 fully saturated rings. The van der Waals surface area contributed by atoms with E-state index in [-0.39, 0.29) is 45.1 Å². The lowest BCUT2D eigenvalue weighted by molar-refractivity contribution is -0.188. The normalized spacial score (nSPS) is 14.5. The van der Waals surface area contributed by atoms with E-state index in [2.05, 4.69) is 0 Å². The van der Waals surface area contributed by atoms with Gasteiger partial charge in [-0.2, -0.15) is 5.06 Å².